The molecule has 0 atom stereocenters. The molecule has 0 spiro atoms. The second kappa shape index (κ2) is 0.844. The fraction of sp³-hybridized carbons (Fsp3) is 0.500. The van der Waals surface area contributed by atoms with Crippen molar-refractivity contribution in [1.82, 2.24) is 5.06 Å². The zero-order chi connectivity index (χ0) is 4.57. The predicted octanol–water partition coefficient (Wildman–Crippen LogP) is -0.730. The summed E-state index contributed by atoms with van der Waals surface area (Å²) in [4.78, 5) is 14.1. The van der Waals surface area contributed by atoms with Crippen molar-refractivity contribution in [2.45, 2.75) is 0 Å². The number of nitrogens with zero attached hydrogens (tertiary/aromatic N) is 1. The summed E-state index contributed by atoms with van der Waals surface area (Å²) in [5.74, 6) is 0. The van der Waals surface area contributed by atoms with Gasteiger partial charge in [0.15, 0.2) is 6.73 Å². The standard InChI is InChI=1S/C2H4N2O2/c3-2(5)4-1-6-4/h1H2,(H2,3,5). The Morgan fingerprint density at radius 1 is 2.00 bits per heavy atom. The van der Waals surface area contributed by atoms with E-state index in [4.69, 9.17) is 0 Å². The molecule has 1 fully saturated rings. The summed E-state index contributed by atoms with van der Waals surface area (Å²) in [5.41, 5.74) is 4.66. The molecule has 2 amide bonds. The van der Waals surface area contributed by atoms with Crippen LogP contribution in [-0.2, 0) is 4.84 Å². The van der Waals surface area contributed by atoms with Crippen LogP contribution >= 0.6 is 0 Å². The van der Waals surface area contributed by atoms with Crippen molar-refractivity contribution in [3.8, 4) is 0 Å². The van der Waals surface area contributed by atoms with E-state index in [0.717, 1.165) is 5.06 Å². The van der Waals surface area contributed by atoms with E-state index < -0.39 is 6.03 Å². The van der Waals surface area contributed by atoms with E-state index in [1.807, 2.05) is 0 Å². The summed E-state index contributed by atoms with van der Waals surface area (Å²) >= 11 is 0. The number of amides is 2. The van der Waals surface area contributed by atoms with Gasteiger partial charge >= 0.3 is 6.03 Å². The maximum absolute atomic E-state index is 9.78. The van der Waals surface area contributed by atoms with E-state index in [9.17, 15) is 4.79 Å². The molecule has 4 heteroatoms. The number of urea groups is 1. The zero-order valence-corrected chi connectivity index (χ0v) is 3.05. The summed E-state index contributed by atoms with van der Waals surface area (Å²) in [6.07, 6.45) is 0. The first-order valence-corrected chi connectivity index (χ1v) is 1.50. The van der Waals surface area contributed by atoms with Crippen molar-refractivity contribution in [2.24, 2.45) is 5.73 Å². The van der Waals surface area contributed by atoms with Gasteiger partial charge in [0.05, 0.1) is 0 Å². The minimum atomic E-state index is -0.519. The van der Waals surface area contributed by atoms with E-state index in [-0.39, 0.29) is 0 Å². The van der Waals surface area contributed by atoms with E-state index in [0.29, 0.717) is 6.73 Å². The second-order valence-electron chi connectivity index (χ2n) is 0.975. The molecule has 1 rings (SSSR count). The van der Waals surface area contributed by atoms with Crippen molar-refractivity contribution in [1.29, 1.82) is 0 Å². The zero-order valence-electron chi connectivity index (χ0n) is 3.05. The van der Waals surface area contributed by atoms with Gasteiger partial charge in [-0.05, 0) is 0 Å². The lowest BCUT2D eigenvalue weighted by molar-refractivity contribution is 0.186. The third kappa shape index (κ3) is 0.414. The molecule has 0 aromatic rings. The molecular formula is C2H4N2O2. The van der Waals surface area contributed by atoms with Gasteiger partial charge in [0.2, 0.25) is 0 Å². The van der Waals surface area contributed by atoms with Crippen LogP contribution in [-0.4, -0.2) is 17.8 Å². The third-order valence-electron chi connectivity index (χ3n) is 0.504. The summed E-state index contributed by atoms with van der Waals surface area (Å²) in [5, 5.41) is 1.06. The number of hydroxylamine groups is 2. The highest BCUT2D eigenvalue weighted by atomic mass is 16.8. The lowest BCUT2D eigenvalue weighted by Gasteiger charge is -1.80. The molecule has 6 heavy (non-hydrogen) atoms. The summed E-state index contributed by atoms with van der Waals surface area (Å²) < 4.78 is 0. The number of hydrogen-bond acceptors (Lipinski definition) is 2. The summed E-state index contributed by atoms with van der Waals surface area (Å²) in [6, 6.07) is -0.519. The van der Waals surface area contributed by atoms with Gasteiger partial charge in [0.1, 0.15) is 0 Å². The minimum absolute atomic E-state index is 0.356. The predicted molar refractivity (Wildman–Crippen MR) is 17.4 cm³/mol. The van der Waals surface area contributed by atoms with Crippen LogP contribution in [0.3, 0.4) is 0 Å². The molecule has 0 radical (unpaired) electrons. The van der Waals surface area contributed by atoms with Gasteiger partial charge in [-0.3, -0.25) is 0 Å². The fourth-order valence-corrected chi connectivity index (χ4v) is 0.156. The summed E-state index contributed by atoms with van der Waals surface area (Å²) in [6.45, 7) is 0.356. The number of hydrogen-bond donors (Lipinski definition) is 1. The molecule has 2 N–H and O–H groups in total. The normalized spacial score (nSPS) is 17.7. The van der Waals surface area contributed by atoms with Gasteiger partial charge in [0, 0.05) is 0 Å². The van der Waals surface area contributed by atoms with Crippen molar-refractivity contribution in [3.05, 3.63) is 0 Å². The van der Waals surface area contributed by atoms with E-state index >= 15 is 0 Å². The van der Waals surface area contributed by atoms with E-state index in [1.165, 1.54) is 0 Å². The van der Waals surface area contributed by atoms with Crippen LogP contribution in [0, 0.1) is 0 Å². The van der Waals surface area contributed by atoms with Crippen LogP contribution in [0.4, 0.5) is 4.79 Å². The number of carbonyl (C=O) groups is 1. The molecule has 0 unspecified atom stereocenters. The highest BCUT2D eigenvalue weighted by Crippen LogP contribution is 2.02. The highest BCUT2D eigenvalue weighted by molar-refractivity contribution is 5.71. The molecular weight excluding hydrogens is 84.0 g/mol. The molecule has 34 valence electrons. The first-order chi connectivity index (χ1) is 2.80. The van der Waals surface area contributed by atoms with Crippen LogP contribution in [0.1, 0.15) is 0 Å². The Balaban J connectivity index is 2.31. The van der Waals surface area contributed by atoms with Crippen LogP contribution in [0.15, 0.2) is 0 Å². The highest BCUT2D eigenvalue weighted by Gasteiger charge is 2.22. The number of nitrogens with two attached hydrogens (primary N) is 1. The number of carbonyl (C=O) groups excluding carboxylic acids is 1. The van der Waals surface area contributed by atoms with Gasteiger partial charge < -0.3 is 5.73 Å². The minimum Gasteiger partial charge on any atom is -0.350 e. The molecule has 4 nitrogen and oxygen atoms in total. The molecule has 1 aliphatic heterocycles. The van der Waals surface area contributed by atoms with Gasteiger partial charge in [-0.15, -0.1) is 0 Å². The fourth-order valence-electron chi connectivity index (χ4n) is 0.156. The van der Waals surface area contributed by atoms with Crippen molar-refractivity contribution >= 4 is 6.03 Å². The average Bonchev–Trinajstić information content (AvgIpc) is 2.06. The molecule has 1 aliphatic rings. The van der Waals surface area contributed by atoms with Crippen LogP contribution in [0.25, 0.3) is 0 Å². The van der Waals surface area contributed by atoms with E-state index in [2.05, 4.69) is 10.6 Å². The second-order valence-corrected chi connectivity index (χ2v) is 0.975. The molecule has 0 saturated carbocycles. The molecule has 0 aromatic heterocycles. The van der Waals surface area contributed by atoms with Crippen LogP contribution < -0.4 is 5.73 Å². The van der Waals surface area contributed by atoms with Gasteiger partial charge in [0.25, 0.3) is 0 Å². The first kappa shape index (κ1) is 3.42. The third-order valence-corrected chi connectivity index (χ3v) is 0.504. The maximum atomic E-state index is 9.78. The Hall–Kier alpha value is -0.770. The monoisotopic (exact) mass is 88.0 g/mol. The van der Waals surface area contributed by atoms with Crippen molar-refractivity contribution in [2.75, 3.05) is 6.73 Å². The Kier molecular flexibility index (Phi) is 0.481. The largest absolute Gasteiger partial charge is 0.350 e. The van der Waals surface area contributed by atoms with Gasteiger partial charge in [-0.25, -0.2) is 9.63 Å². The Morgan fingerprint density at radius 2 is 2.50 bits per heavy atom. The topological polar surface area (TPSA) is 58.6 Å². The van der Waals surface area contributed by atoms with Gasteiger partial charge in [-0.2, -0.15) is 5.06 Å². The number of rotatable bonds is 0. The Bertz CT molecular complexity index is 77.6. The molecule has 1 saturated heterocycles. The molecule has 0 aromatic carbocycles. The lowest BCUT2D eigenvalue weighted by atomic mass is 11.1. The number of primary amides is 1. The molecule has 0 bridgehead atoms. The first-order valence-electron chi connectivity index (χ1n) is 1.50. The smallest absolute Gasteiger partial charge is 0.341 e. The van der Waals surface area contributed by atoms with E-state index in [1.54, 1.807) is 0 Å². The van der Waals surface area contributed by atoms with Crippen LogP contribution in [0.5, 0.6) is 0 Å². The quantitative estimate of drug-likeness (QED) is 0.397. The average molecular weight is 88.1 g/mol. The Labute approximate surface area is 34.4 Å². The van der Waals surface area contributed by atoms with Gasteiger partial charge in [-0.1, -0.05) is 0 Å². The SMILES string of the molecule is NC(=O)N1CO1. The maximum Gasteiger partial charge on any atom is 0.341 e. The van der Waals surface area contributed by atoms with Crippen molar-refractivity contribution in [3.63, 3.8) is 0 Å². The van der Waals surface area contributed by atoms with Crippen molar-refractivity contribution < 1.29 is 9.63 Å². The molecule has 0 aliphatic carbocycles. The lowest BCUT2D eigenvalue weighted by Crippen LogP contribution is -2.17. The molecule has 1 heterocycles. The Morgan fingerprint density at radius 3 is 2.50 bits per heavy atom. The van der Waals surface area contributed by atoms with Crippen LogP contribution in [0.2, 0.25) is 0 Å². The summed E-state index contributed by atoms with van der Waals surface area (Å²) in [7, 11) is 0.